The van der Waals surface area contributed by atoms with Gasteiger partial charge >= 0.3 is 0 Å². The van der Waals surface area contributed by atoms with Crippen LogP contribution in [0.3, 0.4) is 0 Å². The van der Waals surface area contributed by atoms with Gasteiger partial charge in [0.1, 0.15) is 0 Å². The molecule has 0 aliphatic heterocycles. The van der Waals surface area contributed by atoms with Gasteiger partial charge in [-0.15, -0.1) is 0 Å². The summed E-state index contributed by atoms with van der Waals surface area (Å²) in [5.74, 6) is 0.00186. The van der Waals surface area contributed by atoms with Crippen molar-refractivity contribution in [3.05, 3.63) is 33.9 Å². The molecule has 0 radical (unpaired) electrons. The fraction of sp³-hybridized carbons (Fsp3) is 0.533. The maximum atomic E-state index is 11.5. The van der Waals surface area contributed by atoms with Gasteiger partial charge in [-0.05, 0) is 61.9 Å². The number of aryl methyl sites for hydroxylation is 2. The quantitative estimate of drug-likeness (QED) is 0.841. The Balaban J connectivity index is 2.76. The molecule has 3 heteroatoms. The molecule has 1 aromatic rings. The number of aliphatic hydroxyl groups is 1. The number of carbonyl (C=O) groups excluding carboxylic acids is 1. The average molecular weight is 249 g/mol. The van der Waals surface area contributed by atoms with Crippen LogP contribution in [0.4, 0.5) is 0 Å². The summed E-state index contributed by atoms with van der Waals surface area (Å²) in [6.07, 6.45) is 0.913. The number of benzene rings is 1. The zero-order valence-corrected chi connectivity index (χ0v) is 11.8. The zero-order valence-electron chi connectivity index (χ0n) is 11.8. The normalized spacial score (nSPS) is 10.5. The lowest BCUT2D eigenvalue weighted by atomic mass is 9.94. The number of rotatable bonds is 5. The lowest BCUT2D eigenvalue weighted by Gasteiger charge is -2.15. The van der Waals surface area contributed by atoms with E-state index in [9.17, 15) is 4.79 Å². The Morgan fingerprint density at radius 2 is 1.72 bits per heavy atom. The highest BCUT2D eigenvalue weighted by Crippen LogP contribution is 2.21. The van der Waals surface area contributed by atoms with Crippen molar-refractivity contribution in [3.8, 4) is 0 Å². The lowest BCUT2D eigenvalue weighted by molar-refractivity contribution is -0.121. The van der Waals surface area contributed by atoms with Gasteiger partial charge in [0, 0.05) is 19.6 Å². The third-order valence-electron chi connectivity index (χ3n) is 3.55. The van der Waals surface area contributed by atoms with Gasteiger partial charge in [-0.2, -0.15) is 0 Å². The molecule has 0 atom stereocenters. The molecule has 0 aliphatic rings. The maximum absolute atomic E-state index is 11.5. The molecular formula is C15H23NO2. The molecule has 1 aromatic carbocycles. The highest BCUT2D eigenvalue weighted by molar-refractivity contribution is 5.75. The first-order valence-corrected chi connectivity index (χ1v) is 6.41. The van der Waals surface area contributed by atoms with Crippen LogP contribution < -0.4 is 5.32 Å². The molecule has 0 unspecified atom stereocenters. The molecule has 0 bridgehead atoms. The van der Waals surface area contributed by atoms with Crippen LogP contribution in [0.15, 0.2) is 6.07 Å². The summed E-state index contributed by atoms with van der Waals surface area (Å²) in [5.41, 5.74) is 6.24. The van der Waals surface area contributed by atoms with Crippen LogP contribution in [0.25, 0.3) is 0 Å². The van der Waals surface area contributed by atoms with E-state index in [2.05, 4.69) is 39.1 Å². The van der Waals surface area contributed by atoms with E-state index in [-0.39, 0.29) is 12.5 Å². The summed E-state index contributed by atoms with van der Waals surface area (Å²) < 4.78 is 0. The van der Waals surface area contributed by atoms with Crippen molar-refractivity contribution >= 4 is 5.91 Å². The third-order valence-corrected chi connectivity index (χ3v) is 3.55. The van der Waals surface area contributed by atoms with Crippen molar-refractivity contribution in [1.29, 1.82) is 0 Å². The number of hydrogen-bond acceptors (Lipinski definition) is 2. The Labute approximate surface area is 109 Å². The highest BCUT2D eigenvalue weighted by Gasteiger charge is 2.09. The Hall–Kier alpha value is -1.35. The lowest BCUT2D eigenvalue weighted by Crippen LogP contribution is -2.24. The topological polar surface area (TPSA) is 49.3 Å². The number of carbonyl (C=O) groups is 1. The minimum Gasteiger partial charge on any atom is -0.396 e. The molecular weight excluding hydrogens is 226 g/mol. The third kappa shape index (κ3) is 3.57. The van der Waals surface area contributed by atoms with Crippen molar-refractivity contribution in [2.24, 2.45) is 0 Å². The Kier molecular flexibility index (Phi) is 5.35. The zero-order chi connectivity index (χ0) is 13.7. The van der Waals surface area contributed by atoms with E-state index in [4.69, 9.17) is 5.11 Å². The molecule has 0 saturated heterocycles. The molecule has 0 aliphatic carbocycles. The van der Waals surface area contributed by atoms with Gasteiger partial charge in [-0.3, -0.25) is 4.79 Å². The van der Waals surface area contributed by atoms with Gasteiger partial charge in [0.15, 0.2) is 0 Å². The Morgan fingerprint density at radius 1 is 1.17 bits per heavy atom. The standard InChI is InChI=1S/C15H23NO2/c1-10-8-11(2)13(4)14(12(10)3)9-16-15(18)6-5-7-17/h8,17H,5-7,9H2,1-4H3,(H,16,18). The van der Waals surface area contributed by atoms with E-state index in [0.29, 0.717) is 19.4 Å². The van der Waals surface area contributed by atoms with E-state index in [1.165, 1.54) is 27.8 Å². The molecule has 0 spiro atoms. The molecule has 0 heterocycles. The second-order valence-electron chi connectivity index (χ2n) is 4.84. The first-order chi connectivity index (χ1) is 8.47. The van der Waals surface area contributed by atoms with Gasteiger partial charge in [-0.25, -0.2) is 0 Å². The maximum Gasteiger partial charge on any atom is 0.220 e. The van der Waals surface area contributed by atoms with Crippen LogP contribution in [0.1, 0.15) is 40.7 Å². The van der Waals surface area contributed by atoms with Crippen LogP contribution in [0, 0.1) is 27.7 Å². The summed E-state index contributed by atoms with van der Waals surface area (Å²) in [6, 6.07) is 2.18. The molecule has 1 rings (SSSR count). The molecule has 2 N–H and O–H groups in total. The van der Waals surface area contributed by atoms with E-state index < -0.39 is 0 Å². The Bertz CT molecular complexity index is 412. The number of nitrogens with one attached hydrogen (secondary N) is 1. The fourth-order valence-electron chi connectivity index (χ4n) is 2.08. The smallest absolute Gasteiger partial charge is 0.220 e. The van der Waals surface area contributed by atoms with E-state index in [1.54, 1.807) is 0 Å². The second kappa shape index (κ2) is 6.55. The summed E-state index contributed by atoms with van der Waals surface area (Å²) in [4.78, 5) is 11.5. The number of amides is 1. The van der Waals surface area contributed by atoms with Crippen LogP contribution in [-0.2, 0) is 11.3 Å². The molecule has 100 valence electrons. The van der Waals surface area contributed by atoms with Crippen molar-refractivity contribution in [2.45, 2.75) is 47.1 Å². The first kappa shape index (κ1) is 14.7. The fourth-order valence-corrected chi connectivity index (χ4v) is 2.08. The van der Waals surface area contributed by atoms with E-state index in [0.717, 1.165) is 0 Å². The van der Waals surface area contributed by atoms with Gasteiger partial charge in [0.25, 0.3) is 0 Å². The predicted octanol–water partition coefficient (Wildman–Crippen LogP) is 2.31. The molecule has 3 nitrogen and oxygen atoms in total. The van der Waals surface area contributed by atoms with Crippen LogP contribution in [0.5, 0.6) is 0 Å². The largest absolute Gasteiger partial charge is 0.396 e. The van der Waals surface area contributed by atoms with Crippen LogP contribution in [0.2, 0.25) is 0 Å². The molecule has 1 amide bonds. The summed E-state index contributed by atoms with van der Waals surface area (Å²) in [5, 5.41) is 11.6. The number of aliphatic hydroxyl groups excluding tert-OH is 1. The van der Waals surface area contributed by atoms with Crippen LogP contribution >= 0.6 is 0 Å². The monoisotopic (exact) mass is 249 g/mol. The molecule has 0 fully saturated rings. The minimum absolute atomic E-state index is 0.00186. The Morgan fingerprint density at radius 3 is 2.22 bits per heavy atom. The van der Waals surface area contributed by atoms with E-state index in [1.807, 2.05) is 0 Å². The van der Waals surface area contributed by atoms with Crippen molar-refractivity contribution in [2.75, 3.05) is 6.61 Å². The molecule has 0 saturated carbocycles. The van der Waals surface area contributed by atoms with Crippen molar-refractivity contribution < 1.29 is 9.90 Å². The summed E-state index contributed by atoms with van der Waals surface area (Å²) in [6.45, 7) is 9.02. The van der Waals surface area contributed by atoms with Gasteiger partial charge in [0.2, 0.25) is 5.91 Å². The van der Waals surface area contributed by atoms with Gasteiger partial charge in [-0.1, -0.05) is 6.07 Å². The molecule has 18 heavy (non-hydrogen) atoms. The van der Waals surface area contributed by atoms with E-state index >= 15 is 0 Å². The minimum atomic E-state index is 0.00186. The molecule has 0 aromatic heterocycles. The van der Waals surface area contributed by atoms with Gasteiger partial charge in [0.05, 0.1) is 0 Å². The van der Waals surface area contributed by atoms with Crippen molar-refractivity contribution in [3.63, 3.8) is 0 Å². The number of hydrogen-bond donors (Lipinski definition) is 2. The van der Waals surface area contributed by atoms with Crippen molar-refractivity contribution in [1.82, 2.24) is 5.32 Å². The van der Waals surface area contributed by atoms with Crippen LogP contribution in [-0.4, -0.2) is 17.6 Å². The predicted molar refractivity (Wildman–Crippen MR) is 73.6 cm³/mol. The first-order valence-electron chi connectivity index (χ1n) is 6.41. The summed E-state index contributed by atoms with van der Waals surface area (Å²) >= 11 is 0. The van der Waals surface area contributed by atoms with Gasteiger partial charge < -0.3 is 10.4 Å². The summed E-state index contributed by atoms with van der Waals surface area (Å²) in [7, 11) is 0. The second-order valence-corrected chi connectivity index (χ2v) is 4.84. The SMILES string of the molecule is Cc1cc(C)c(C)c(CNC(=O)CCCO)c1C. The average Bonchev–Trinajstić information content (AvgIpc) is 2.34. The highest BCUT2D eigenvalue weighted by atomic mass is 16.3.